The number of hydrogen-bond acceptors (Lipinski definition) is 3. The number of hydrogen-bond donors (Lipinski definition) is 2. The number of carbonyl (C=O) groups excluding carboxylic acids is 1. The first-order valence-corrected chi connectivity index (χ1v) is 5.04. The van der Waals surface area contributed by atoms with Crippen LogP contribution in [0.25, 0.3) is 0 Å². The third-order valence-corrected chi connectivity index (χ3v) is 2.17. The number of nitrogens with one attached hydrogen (secondary N) is 1. The Morgan fingerprint density at radius 1 is 1.30 bits per heavy atom. The van der Waals surface area contributed by atoms with E-state index >= 15 is 0 Å². The molecule has 0 bridgehead atoms. The van der Waals surface area contributed by atoms with Crippen molar-refractivity contribution in [2.45, 2.75) is 13.1 Å². The van der Waals surface area contributed by atoms with E-state index in [1.165, 1.54) is 6.07 Å². The van der Waals surface area contributed by atoms with Crippen molar-refractivity contribution < 1.29 is 23.1 Å². The smallest absolute Gasteiger partial charge is 0.416 e. The Morgan fingerprint density at radius 2 is 1.80 bits per heavy atom. The zero-order chi connectivity index (χ0) is 14.6. The molecule has 0 aliphatic carbocycles. The van der Waals surface area contributed by atoms with Crippen molar-refractivity contribution in [2.24, 2.45) is 0 Å². The number of carbonyl (C=O) groups is 1. The van der Waals surface area contributed by atoms with Gasteiger partial charge in [0.1, 0.15) is 11.8 Å². The first kappa shape index (κ1) is 19.1. The van der Waals surface area contributed by atoms with Crippen LogP contribution in [0.15, 0.2) is 35.6 Å². The summed E-state index contributed by atoms with van der Waals surface area (Å²) in [6.45, 7) is 1.16. The summed E-state index contributed by atoms with van der Waals surface area (Å²) >= 11 is 0. The number of nitriles is 1. The Morgan fingerprint density at radius 3 is 2.15 bits per heavy atom. The molecule has 2 N–H and O–H groups in total. The zero-order valence-electron chi connectivity index (χ0n) is 10.7. The van der Waals surface area contributed by atoms with Crippen molar-refractivity contribution in [3.05, 3.63) is 41.2 Å². The second-order valence-corrected chi connectivity index (χ2v) is 3.60. The maximum Gasteiger partial charge on any atom is 0.416 e. The molecule has 1 aromatic carbocycles. The molecule has 0 atom stereocenters. The molecule has 0 unspecified atom stereocenters. The van der Waals surface area contributed by atoms with Gasteiger partial charge in [-0.1, -0.05) is 0 Å². The number of anilines is 1. The van der Waals surface area contributed by atoms with Crippen LogP contribution in [0.3, 0.4) is 0 Å². The quantitative estimate of drug-likeness (QED) is 0.382. The third kappa shape index (κ3) is 5.26. The van der Waals surface area contributed by atoms with Gasteiger partial charge in [0.25, 0.3) is 5.91 Å². The Labute approximate surface area is 155 Å². The Bertz CT molecular complexity index is 556. The van der Waals surface area contributed by atoms with Crippen molar-refractivity contribution >= 4 is 63.0 Å². The average molecular weight is 309 g/mol. The molecule has 4 nitrogen and oxygen atoms in total. The van der Waals surface area contributed by atoms with Gasteiger partial charge in [0.05, 0.1) is 5.56 Å². The number of benzene rings is 1. The van der Waals surface area contributed by atoms with E-state index in [1.807, 2.05) is 0 Å². The van der Waals surface area contributed by atoms with Crippen LogP contribution < -0.4 is 5.32 Å². The molecular weight excluding hydrogens is 300 g/mol. The summed E-state index contributed by atoms with van der Waals surface area (Å²) in [7, 11) is 0. The molecule has 0 saturated heterocycles. The number of allylic oxidation sites excluding steroid dienone is 1. The van der Waals surface area contributed by atoms with Crippen LogP contribution in [0.2, 0.25) is 0 Å². The second-order valence-electron chi connectivity index (χ2n) is 3.60. The van der Waals surface area contributed by atoms with Gasteiger partial charge in [-0.2, -0.15) is 18.4 Å². The number of alkyl halides is 3. The summed E-state index contributed by atoms with van der Waals surface area (Å²) in [4.78, 5) is 11.5. The summed E-state index contributed by atoms with van der Waals surface area (Å²) in [5, 5.41) is 19.9. The molecule has 0 aliphatic heterocycles. The largest absolute Gasteiger partial charge is 0.511 e. The molecule has 0 spiro atoms. The number of halogens is 3. The van der Waals surface area contributed by atoms with Crippen LogP contribution in [-0.4, -0.2) is 62.4 Å². The van der Waals surface area contributed by atoms with Crippen LogP contribution in [0.1, 0.15) is 12.5 Å². The molecule has 0 aromatic heterocycles. The maximum atomic E-state index is 12.3. The van der Waals surface area contributed by atoms with Crippen LogP contribution >= 0.6 is 0 Å². The molecule has 1 rings (SSSR count). The van der Waals surface area contributed by atoms with Crippen molar-refractivity contribution in [1.29, 1.82) is 5.26 Å². The first-order chi connectivity index (χ1) is 8.75. The summed E-state index contributed by atoms with van der Waals surface area (Å²) in [5.74, 6) is -1.35. The van der Waals surface area contributed by atoms with Gasteiger partial charge < -0.3 is 10.4 Å². The fourth-order valence-electron chi connectivity index (χ4n) is 1.23. The van der Waals surface area contributed by atoms with Crippen molar-refractivity contribution in [2.75, 3.05) is 5.32 Å². The minimum absolute atomic E-state index is 0. The van der Waals surface area contributed by atoms with Crippen LogP contribution in [-0.2, 0) is 11.0 Å². The molecule has 20 heavy (non-hydrogen) atoms. The van der Waals surface area contributed by atoms with Gasteiger partial charge in [0.2, 0.25) is 0 Å². The molecule has 1 radical (unpaired) electrons. The van der Waals surface area contributed by atoms with Crippen molar-refractivity contribution in [3.63, 3.8) is 0 Å². The number of nitrogens with zero attached hydrogens (tertiary/aromatic N) is 1. The van der Waals surface area contributed by atoms with Crippen molar-refractivity contribution in [3.8, 4) is 6.07 Å². The van der Waals surface area contributed by atoms with E-state index in [-0.39, 0.29) is 57.1 Å². The van der Waals surface area contributed by atoms with Crippen LogP contribution in [0.5, 0.6) is 0 Å². The predicted molar refractivity (Wildman–Crippen MR) is 66.8 cm³/mol. The molecule has 0 heterocycles. The molecule has 0 aliphatic rings. The van der Waals surface area contributed by atoms with Crippen LogP contribution in [0, 0.1) is 11.3 Å². The summed E-state index contributed by atoms with van der Waals surface area (Å²) in [5.41, 5.74) is -1.26. The fourth-order valence-corrected chi connectivity index (χ4v) is 1.23. The van der Waals surface area contributed by atoms with E-state index in [9.17, 15) is 18.0 Å². The second kappa shape index (κ2) is 7.80. The van der Waals surface area contributed by atoms with Gasteiger partial charge in [-0.15, -0.1) is 0 Å². The third-order valence-electron chi connectivity index (χ3n) is 2.17. The average Bonchev–Trinajstić information content (AvgIpc) is 2.28. The van der Waals surface area contributed by atoms with Gasteiger partial charge in [-0.25, -0.2) is 0 Å². The number of aliphatic hydroxyl groups excluding tert-OH is 1. The van der Waals surface area contributed by atoms with Gasteiger partial charge in [0.15, 0.2) is 5.57 Å². The fraction of sp³-hybridized carbons (Fsp3) is 0.167. The van der Waals surface area contributed by atoms with Gasteiger partial charge in [0, 0.05) is 57.1 Å². The van der Waals surface area contributed by atoms with Gasteiger partial charge in [-0.3, -0.25) is 4.79 Å². The van der Waals surface area contributed by atoms with E-state index < -0.39 is 29.0 Å². The topological polar surface area (TPSA) is 73.1 Å². The first-order valence-electron chi connectivity index (χ1n) is 5.04. The Balaban J connectivity index is 0.00000361. The molecule has 101 valence electrons. The predicted octanol–water partition coefficient (Wildman–Crippen LogP) is 2.62. The minimum Gasteiger partial charge on any atom is -0.511 e. The van der Waals surface area contributed by atoms with Crippen LogP contribution in [0.4, 0.5) is 18.9 Å². The Kier molecular flexibility index (Phi) is 7.47. The molecule has 1 aromatic rings. The van der Waals surface area contributed by atoms with E-state index in [2.05, 4.69) is 5.32 Å². The minimum atomic E-state index is -4.46. The van der Waals surface area contributed by atoms with Crippen molar-refractivity contribution in [1.82, 2.24) is 0 Å². The number of amides is 1. The summed E-state index contributed by atoms with van der Waals surface area (Å²) in [6.07, 6.45) is -4.46. The maximum absolute atomic E-state index is 12.3. The molecule has 0 fully saturated rings. The zero-order valence-corrected chi connectivity index (χ0v) is 13.9. The summed E-state index contributed by atoms with van der Waals surface area (Å²) < 4.78 is 36.9. The van der Waals surface area contributed by atoms with E-state index in [0.717, 1.165) is 31.2 Å². The number of rotatable bonds is 2. The monoisotopic (exact) mass is 309 g/mol. The molecule has 0 saturated carbocycles. The molecule has 1 amide bonds. The van der Waals surface area contributed by atoms with E-state index in [1.54, 1.807) is 0 Å². The molecular formula is C12H9F3KN2O2. The van der Waals surface area contributed by atoms with E-state index in [4.69, 9.17) is 10.4 Å². The Hall–Kier alpha value is -0.854. The number of aliphatic hydroxyl groups is 1. The van der Waals surface area contributed by atoms with E-state index in [0.29, 0.717) is 0 Å². The summed E-state index contributed by atoms with van der Waals surface area (Å²) in [6, 6.07) is 5.22. The van der Waals surface area contributed by atoms with Gasteiger partial charge in [-0.05, 0) is 31.2 Å². The molecule has 8 heteroatoms. The standard InChI is InChI=1S/C12H9F3N2O2.K/c1-7(18)10(6-16)11(19)17-9-4-2-8(3-5-9)12(13,14)15;/h2-5,18H,1H3,(H,17,19);/b10-7-;. The SMILES string of the molecule is C/C(O)=C(\C#N)C(=O)Nc1ccc(C(F)(F)F)cc1.[K]. The van der Waals surface area contributed by atoms with Gasteiger partial charge >= 0.3 is 6.18 Å². The normalized spacial score (nSPS) is 11.8.